The first-order chi connectivity index (χ1) is 17.9. The summed E-state index contributed by atoms with van der Waals surface area (Å²) in [4.78, 5) is 25.1. The lowest BCUT2D eigenvalue weighted by atomic mass is 10.0. The van der Waals surface area contributed by atoms with E-state index in [0.717, 1.165) is 32.2 Å². The van der Waals surface area contributed by atoms with E-state index in [4.69, 9.17) is 4.74 Å². The van der Waals surface area contributed by atoms with Crippen LogP contribution in [0.4, 0.5) is 5.69 Å². The van der Waals surface area contributed by atoms with E-state index >= 15 is 0 Å². The first-order valence-electron chi connectivity index (χ1n) is 12.4. The van der Waals surface area contributed by atoms with E-state index in [-0.39, 0.29) is 34.5 Å². The number of Topliss-reactive ketones (excluding diaryl/α,β-unsaturated/α-hetero) is 1. The highest BCUT2D eigenvalue weighted by molar-refractivity contribution is 7.92. The van der Waals surface area contributed by atoms with Crippen molar-refractivity contribution in [3.63, 3.8) is 0 Å². The molecule has 4 rings (SSSR count). The number of nitrogens with one attached hydrogen (secondary N) is 3. The summed E-state index contributed by atoms with van der Waals surface area (Å²) in [6.45, 7) is 0.730. The summed E-state index contributed by atoms with van der Waals surface area (Å²) < 4.78 is 34.4. The number of amides is 1. The number of carbonyl (C=O) groups excluding carboxylic acids is 2. The second kappa shape index (κ2) is 12.5. The zero-order chi connectivity index (χ0) is 26.1. The van der Waals surface area contributed by atoms with Crippen molar-refractivity contribution in [3.8, 4) is 11.5 Å². The van der Waals surface area contributed by atoms with Gasteiger partial charge in [-0.3, -0.25) is 14.3 Å². The van der Waals surface area contributed by atoms with Crippen molar-refractivity contribution in [1.29, 1.82) is 0 Å². The summed E-state index contributed by atoms with van der Waals surface area (Å²) in [6, 6.07) is 21.1. The summed E-state index contributed by atoms with van der Waals surface area (Å²) in [5, 5.41) is 5.91. The number of benzene rings is 3. The number of hydrogen-bond acceptors (Lipinski definition) is 6. The number of ketones is 1. The van der Waals surface area contributed by atoms with Crippen LogP contribution in [0.3, 0.4) is 0 Å². The van der Waals surface area contributed by atoms with E-state index < -0.39 is 15.9 Å². The SMILES string of the molecule is O=C(NCC(=O)C1CCCCCCN1)c1ccc(S(=O)(=O)Nc2ccccc2Oc2ccccc2)cc1. The number of rotatable bonds is 9. The molecular weight excluding hydrogens is 490 g/mol. The molecule has 1 heterocycles. The molecule has 1 unspecified atom stereocenters. The number of sulfonamides is 1. The molecule has 1 aliphatic rings. The lowest BCUT2D eigenvalue weighted by molar-refractivity contribution is -0.120. The Morgan fingerprint density at radius 2 is 1.57 bits per heavy atom. The van der Waals surface area contributed by atoms with Gasteiger partial charge < -0.3 is 15.4 Å². The normalized spacial score (nSPS) is 16.2. The van der Waals surface area contributed by atoms with Gasteiger partial charge in [0.1, 0.15) is 5.75 Å². The third kappa shape index (κ3) is 7.41. The smallest absolute Gasteiger partial charge is 0.262 e. The molecule has 0 radical (unpaired) electrons. The molecule has 3 N–H and O–H groups in total. The molecule has 1 amide bonds. The number of hydrogen-bond donors (Lipinski definition) is 3. The molecule has 0 saturated carbocycles. The van der Waals surface area contributed by atoms with Gasteiger partial charge in [-0.25, -0.2) is 8.42 Å². The first-order valence-corrected chi connectivity index (χ1v) is 13.9. The van der Waals surface area contributed by atoms with E-state index in [1.54, 1.807) is 36.4 Å². The standard InChI is InChI=1S/C28H31N3O5S/c32-26(24-12-6-1-2-9-19-29-24)20-30-28(33)21-15-17-23(18-16-21)37(34,35)31-25-13-7-8-14-27(25)36-22-10-4-3-5-11-22/h3-5,7-8,10-11,13-18,24,29,31H,1-2,6,9,12,19-20H2,(H,30,33). The van der Waals surface area contributed by atoms with Gasteiger partial charge in [-0.1, -0.05) is 49.6 Å². The van der Waals surface area contributed by atoms with Crippen LogP contribution in [0.1, 0.15) is 42.5 Å². The maximum Gasteiger partial charge on any atom is 0.262 e. The fraction of sp³-hybridized carbons (Fsp3) is 0.286. The molecular formula is C28H31N3O5S. The zero-order valence-corrected chi connectivity index (χ0v) is 21.3. The van der Waals surface area contributed by atoms with Gasteiger partial charge in [0.05, 0.1) is 23.2 Å². The molecule has 1 fully saturated rings. The summed E-state index contributed by atoms with van der Waals surface area (Å²) in [7, 11) is -3.94. The van der Waals surface area contributed by atoms with Gasteiger partial charge in [-0.2, -0.15) is 0 Å². The summed E-state index contributed by atoms with van der Waals surface area (Å²) in [5.74, 6) is 0.456. The average molecular weight is 522 g/mol. The highest BCUT2D eigenvalue weighted by Crippen LogP contribution is 2.30. The number of para-hydroxylation sites is 3. The Morgan fingerprint density at radius 1 is 0.865 bits per heavy atom. The zero-order valence-electron chi connectivity index (χ0n) is 20.5. The third-order valence-corrected chi connectivity index (χ3v) is 7.53. The molecule has 3 aromatic rings. The second-order valence-corrected chi connectivity index (χ2v) is 10.6. The van der Waals surface area contributed by atoms with Gasteiger partial charge in [0.15, 0.2) is 11.5 Å². The summed E-state index contributed by atoms with van der Waals surface area (Å²) >= 11 is 0. The minimum Gasteiger partial charge on any atom is -0.455 e. The third-order valence-electron chi connectivity index (χ3n) is 6.15. The van der Waals surface area contributed by atoms with Crippen LogP contribution in [0.25, 0.3) is 0 Å². The minimum absolute atomic E-state index is 0.00615. The Bertz CT molecular complexity index is 1300. The van der Waals surface area contributed by atoms with Crippen LogP contribution in [0.2, 0.25) is 0 Å². The molecule has 9 heteroatoms. The van der Waals surface area contributed by atoms with Crippen LogP contribution < -0.4 is 20.1 Å². The highest BCUT2D eigenvalue weighted by Gasteiger charge is 2.21. The topological polar surface area (TPSA) is 114 Å². The Balaban J connectivity index is 1.37. The van der Waals surface area contributed by atoms with Crippen LogP contribution in [-0.4, -0.2) is 39.2 Å². The number of ether oxygens (including phenoxy) is 1. The van der Waals surface area contributed by atoms with Crippen LogP contribution >= 0.6 is 0 Å². The molecule has 1 saturated heterocycles. The largest absolute Gasteiger partial charge is 0.455 e. The van der Waals surface area contributed by atoms with Crippen LogP contribution in [0, 0.1) is 0 Å². The molecule has 0 aliphatic carbocycles. The molecule has 8 nitrogen and oxygen atoms in total. The van der Waals surface area contributed by atoms with Crippen molar-refractivity contribution >= 4 is 27.4 Å². The number of anilines is 1. The first kappa shape index (κ1) is 26.4. The molecule has 0 bridgehead atoms. The van der Waals surface area contributed by atoms with Gasteiger partial charge in [-0.05, 0) is 67.9 Å². The molecule has 37 heavy (non-hydrogen) atoms. The Morgan fingerprint density at radius 3 is 2.35 bits per heavy atom. The quantitative estimate of drug-likeness (QED) is 0.382. The molecule has 194 valence electrons. The fourth-order valence-electron chi connectivity index (χ4n) is 4.12. The maximum atomic E-state index is 13.0. The molecule has 1 atom stereocenters. The Labute approximate surface area is 217 Å². The monoisotopic (exact) mass is 521 g/mol. The maximum absolute atomic E-state index is 13.0. The second-order valence-electron chi connectivity index (χ2n) is 8.90. The van der Waals surface area contributed by atoms with Crippen molar-refractivity contribution in [3.05, 3.63) is 84.4 Å². The summed E-state index contributed by atoms with van der Waals surface area (Å²) in [6.07, 6.45) is 5.09. The Hall–Kier alpha value is -3.69. The summed E-state index contributed by atoms with van der Waals surface area (Å²) in [5.41, 5.74) is 0.555. The van der Waals surface area contributed by atoms with Crippen molar-refractivity contribution in [2.45, 2.75) is 43.0 Å². The van der Waals surface area contributed by atoms with Crippen molar-refractivity contribution in [1.82, 2.24) is 10.6 Å². The average Bonchev–Trinajstić information content (AvgIpc) is 2.88. The van der Waals surface area contributed by atoms with E-state index in [1.165, 1.54) is 30.7 Å². The lowest BCUT2D eigenvalue weighted by Crippen LogP contribution is -2.43. The van der Waals surface area contributed by atoms with E-state index in [1.807, 2.05) is 18.2 Å². The van der Waals surface area contributed by atoms with E-state index in [9.17, 15) is 18.0 Å². The van der Waals surface area contributed by atoms with Crippen LogP contribution in [0.15, 0.2) is 83.8 Å². The fourth-order valence-corrected chi connectivity index (χ4v) is 5.19. The molecule has 0 aromatic heterocycles. The van der Waals surface area contributed by atoms with E-state index in [0.29, 0.717) is 11.5 Å². The van der Waals surface area contributed by atoms with Gasteiger partial charge in [-0.15, -0.1) is 0 Å². The van der Waals surface area contributed by atoms with Crippen molar-refractivity contribution < 1.29 is 22.7 Å². The lowest BCUT2D eigenvalue weighted by Gasteiger charge is -2.20. The highest BCUT2D eigenvalue weighted by atomic mass is 32.2. The Kier molecular flexibility index (Phi) is 8.92. The van der Waals surface area contributed by atoms with Crippen LogP contribution in [-0.2, 0) is 14.8 Å². The van der Waals surface area contributed by atoms with E-state index in [2.05, 4.69) is 15.4 Å². The minimum atomic E-state index is -3.94. The predicted molar refractivity (Wildman–Crippen MR) is 142 cm³/mol. The van der Waals surface area contributed by atoms with Crippen molar-refractivity contribution in [2.75, 3.05) is 17.8 Å². The number of carbonyl (C=O) groups is 2. The van der Waals surface area contributed by atoms with Gasteiger partial charge >= 0.3 is 0 Å². The molecule has 3 aromatic carbocycles. The van der Waals surface area contributed by atoms with Gasteiger partial charge in [0, 0.05) is 5.56 Å². The molecule has 0 spiro atoms. The van der Waals surface area contributed by atoms with Gasteiger partial charge in [0.25, 0.3) is 15.9 Å². The predicted octanol–water partition coefficient (Wildman–Crippen LogP) is 4.50. The van der Waals surface area contributed by atoms with Gasteiger partial charge in [0.2, 0.25) is 0 Å². The van der Waals surface area contributed by atoms with Crippen molar-refractivity contribution in [2.24, 2.45) is 0 Å². The van der Waals surface area contributed by atoms with Crippen LogP contribution in [0.5, 0.6) is 11.5 Å². The molecule has 1 aliphatic heterocycles.